The first kappa shape index (κ1) is 13.6. The molecule has 20 heavy (non-hydrogen) atoms. The van der Waals surface area contributed by atoms with E-state index in [9.17, 15) is 9.59 Å². The molecule has 0 radical (unpaired) electrons. The van der Waals surface area contributed by atoms with Crippen LogP contribution in [-0.4, -0.2) is 35.5 Å². The summed E-state index contributed by atoms with van der Waals surface area (Å²) >= 11 is 3.41. The molecule has 1 saturated carbocycles. The zero-order valence-corrected chi connectivity index (χ0v) is 12.7. The molecule has 0 N–H and O–H groups in total. The lowest BCUT2D eigenvalue weighted by Gasteiger charge is -2.42. The highest BCUT2D eigenvalue weighted by molar-refractivity contribution is 9.10. The Morgan fingerprint density at radius 2 is 1.95 bits per heavy atom. The van der Waals surface area contributed by atoms with Gasteiger partial charge in [0.2, 0.25) is 0 Å². The Kier molecular flexibility index (Phi) is 3.54. The maximum Gasteiger partial charge on any atom is 0.332 e. The van der Waals surface area contributed by atoms with Crippen molar-refractivity contribution in [1.82, 2.24) is 4.90 Å². The Labute approximate surface area is 126 Å². The molecule has 0 atom stereocenters. The van der Waals surface area contributed by atoms with Crippen LogP contribution >= 0.6 is 15.9 Å². The van der Waals surface area contributed by atoms with Gasteiger partial charge < -0.3 is 9.64 Å². The summed E-state index contributed by atoms with van der Waals surface area (Å²) in [5, 5.41) is 0. The fourth-order valence-corrected chi connectivity index (χ4v) is 3.65. The van der Waals surface area contributed by atoms with Gasteiger partial charge in [-0.25, -0.2) is 4.79 Å². The maximum atomic E-state index is 12.8. The van der Waals surface area contributed by atoms with Crippen molar-refractivity contribution in [3.8, 4) is 0 Å². The highest BCUT2D eigenvalue weighted by Gasteiger charge is 2.51. The first-order valence-corrected chi connectivity index (χ1v) is 7.68. The van der Waals surface area contributed by atoms with Crippen molar-refractivity contribution in [3.63, 3.8) is 0 Å². The standard InChI is InChI=1S/C15H16BrNO3/c16-12-6-2-1-5-11(12)13(18)17-9-10-20-14(19)15(17)7-3-4-8-15/h1-2,5-6H,3-4,7-10H2. The third-order valence-electron chi connectivity index (χ3n) is 4.22. The summed E-state index contributed by atoms with van der Waals surface area (Å²) in [5.41, 5.74) is -0.126. The lowest BCUT2D eigenvalue weighted by molar-refractivity contribution is -0.164. The Bertz CT molecular complexity index is 552. The molecule has 1 amide bonds. The number of carbonyl (C=O) groups is 2. The summed E-state index contributed by atoms with van der Waals surface area (Å²) in [4.78, 5) is 26.8. The van der Waals surface area contributed by atoms with Crippen LogP contribution in [0.2, 0.25) is 0 Å². The average Bonchev–Trinajstić information content (AvgIpc) is 2.92. The van der Waals surface area contributed by atoms with Crippen molar-refractivity contribution in [1.29, 1.82) is 0 Å². The summed E-state index contributed by atoms with van der Waals surface area (Å²) < 4.78 is 5.98. The van der Waals surface area contributed by atoms with Crippen LogP contribution < -0.4 is 0 Å². The molecule has 0 bridgehead atoms. The molecular formula is C15H16BrNO3. The van der Waals surface area contributed by atoms with Gasteiger partial charge in [-0.05, 0) is 40.9 Å². The fraction of sp³-hybridized carbons (Fsp3) is 0.467. The molecular weight excluding hydrogens is 322 g/mol. The van der Waals surface area contributed by atoms with Crippen LogP contribution in [0.5, 0.6) is 0 Å². The van der Waals surface area contributed by atoms with Gasteiger partial charge in [0.25, 0.3) is 5.91 Å². The van der Waals surface area contributed by atoms with Crippen LogP contribution in [0, 0.1) is 0 Å². The van der Waals surface area contributed by atoms with Gasteiger partial charge in [0.1, 0.15) is 12.1 Å². The number of morpholine rings is 1. The molecule has 1 aromatic carbocycles. The summed E-state index contributed by atoms with van der Waals surface area (Å²) in [6.45, 7) is 0.767. The van der Waals surface area contributed by atoms with Crippen molar-refractivity contribution in [3.05, 3.63) is 34.3 Å². The van der Waals surface area contributed by atoms with E-state index in [0.717, 1.165) is 17.3 Å². The number of cyclic esters (lactones) is 1. The summed E-state index contributed by atoms with van der Waals surface area (Å²) in [6.07, 6.45) is 3.35. The van der Waals surface area contributed by atoms with Crippen LogP contribution in [0.1, 0.15) is 36.0 Å². The zero-order chi connectivity index (χ0) is 14.2. The Morgan fingerprint density at radius 1 is 1.25 bits per heavy atom. The van der Waals surface area contributed by atoms with E-state index < -0.39 is 5.54 Å². The third kappa shape index (κ3) is 2.04. The largest absolute Gasteiger partial charge is 0.462 e. The monoisotopic (exact) mass is 337 g/mol. The zero-order valence-electron chi connectivity index (χ0n) is 11.1. The second kappa shape index (κ2) is 5.20. The molecule has 3 rings (SSSR count). The van der Waals surface area contributed by atoms with Crippen molar-refractivity contribution in [2.75, 3.05) is 13.2 Å². The molecule has 0 unspecified atom stereocenters. The van der Waals surface area contributed by atoms with Gasteiger partial charge in [0, 0.05) is 4.47 Å². The quantitative estimate of drug-likeness (QED) is 0.740. The molecule has 0 aromatic heterocycles. The SMILES string of the molecule is O=C(c1ccccc1Br)N1CCOC(=O)C12CCCC2. The van der Waals surface area contributed by atoms with Crippen molar-refractivity contribution >= 4 is 27.8 Å². The molecule has 2 fully saturated rings. The van der Waals surface area contributed by atoms with E-state index in [-0.39, 0.29) is 18.5 Å². The van der Waals surface area contributed by atoms with Gasteiger partial charge >= 0.3 is 5.97 Å². The van der Waals surface area contributed by atoms with Crippen LogP contribution in [0.3, 0.4) is 0 Å². The number of amides is 1. The van der Waals surface area contributed by atoms with Gasteiger partial charge in [-0.2, -0.15) is 0 Å². The number of rotatable bonds is 1. The number of ether oxygens (including phenoxy) is 1. The fourth-order valence-electron chi connectivity index (χ4n) is 3.20. The lowest BCUT2D eigenvalue weighted by atomic mass is 9.92. The van der Waals surface area contributed by atoms with Crippen LogP contribution in [0.4, 0.5) is 0 Å². The lowest BCUT2D eigenvalue weighted by Crippen LogP contribution is -2.60. The van der Waals surface area contributed by atoms with Crippen molar-refractivity contribution < 1.29 is 14.3 Å². The molecule has 4 nitrogen and oxygen atoms in total. The van der Waals surface area contributed by atoms with Crippen LogP contribution in [0.15, 0.2) is 28.7 Å². The number of esters is 1. The van der Waals surface area contributed by atoms with Crippen molar-refractivity contribution in [2.45, 2.75) is 31.2 Å². The van der Waals surface area contributed by atoms with Gasteiger partial charge in [-0.1, -0.05) is 25.0 Å². The molecule has 1 aliphatic heterocycles. The maximum absolute atomic E-state index is 12.8. The molecule has 2 aliphatic rings. The number of benzene rings is 1. The predicted molar refractivity (Wildman–Crippen MR) is 77.3 cm³/mol. The summed E-state index contributed by atoms with van der Waals surface area (Å²) in [5.74, 6) is -0.322. The number of hydrogen-bond acceptors (Lipinski definition) is 3. The first-order chi connectivity index (χ1) is 9.65. The third-order valence-corrected chi connectivity index (χ3v) is 4.92. The number of nitrogens with zero attached hydrogens (tertiary/aromatic N) is 1. The van der Waals surface area contributed by atoms with Gasteiger partial charge in [-0.15, -0.1) is 0 Å². The van der Waals surface area contributed by atoms with E-state index in [0.29, 0.717) is 24.9 Å². The van der Waals surface area contributed by atoms with Gasteiger partial charge in [-0.3, -0.25) is 4.79 Å². The molecule has 1 heterocycles. The van der Waals surface area contributed by atoms with Gasteiger partial charge in [0.15, 0.2) is 0 Å². The van der Waals surface area contributed by atoms with Gasteiger partial charge in [0.05, 0.1) is 12.1 Å². The van der Waals surface area contributed by atoms with E-state index in [1.165, 1.54) is 0 Å². The van der Waals surface area contributed by atoms with E-state index in [2.05, 4.69) is 15.9 Å². The van der Waals surface area contributed by atoms with E-state index in [4.69, 9.17) is 4.74 Å². The van der Waals surface area contributed by atoms with Crippen LogP contribution in [-0.2, 0) is 9.53 Å². The Hall–Kier alpha value is -1.36. The highest BCUT2D eigenvalue weighted by Crippen LogP contribution is 2.39. The summed E-state index contributed by atoms with van der Waals surface area (Å²) in [7, 11) is 0. The number of hydrogen-bond donors (Lipinski definition) is 0. The second-order valence-electron chi connectivity index (χ2n) is 5.31. The average molecular weight is 338 g/mol. The molecule has 106 valence electrons. The molecule has 5 heteroatoms. The first-order valence-electron chi connectivity index (χ1n) is 6.89. The second-order valence-corrected chi connectivity index (χ2v) is 6.17. The predicted octanol–water partition coefficient (Wildman–Crippen LogP) is 2.76. The minimum atomic E-state index is -0.732. The molecule has 1 aliphatic carbocycles. The van der Waals surface area contributed by atoms with Crippen LogP contribution in [0.25, 0.3) is 0 Å². The smallest absolute Gasteiger partial charge is 0.332 e. The molecule has 1 aromatic rings. The normalized spacial score (nSPS) is 21.1. The number of carbonyl (C=O) groups excluding carboxylic acids is 2. The minimum Gasteiger partial charge on any atom is -0.462 e. The van der Waals surface area contributed by atoms with E-state index in [1.807, 2.05) is 18.2 Å². The van der Waals surface area contributed by atoms with Crippen molar-refractivity contribution in [2.24, 2.45) is 0 Å². The van der Waals surface area contributed by atoms with E-state index in [1.54, 1.807) is 11.0 Å². The summed E-state index contributed by atoms with van der Waals surface area (Å²) in [6, 6.07) is 7.34. The Balaban J connectivity index is 1.97. The number of halogens is 1. The molecule has 1 saturated heterocycles. The van der Waals surface area contributed by atoms with E-state index >= 15 is 0 Å². The highest BCUT2D eigenvalue weighted by atomic mass is 79.9. The minimum absolute atomic E-state index is 0.0870. The molecule has 1 spiro atoms. The topological polar surface area (TPSA) is 46.6 Å². The Morgan fingerprint density at radius 3 is 2.65 bits per heavy atom.